The maximum atomic E-state index is 3.95. The predicted octanol–water partition coefficient (Wildman–Crippen LogP) is 7.12. The Kier molecular flexibility index (Phi) is 4.32. The van der Waals surface area contributed by atoms with E-state index in [0.29, 0.717) is 11.8 Å². The Labute approximate surface area is 157 Å². The van der Waals surface area contributed by atoms with Crippen LogP contribution in [0.4, 0.5) is 5.69 Å². The fraction of sp³-hybridized carbons (Fsp3) is 0.280. The third-order valence-corrected chi connectivity index (χ3v) is 5.50. The van der Waals surface area contributed by atoms with Gasteiger partial charge in [-0.2, -0.15) is 0 Å². The van der Waals surface area contributed by atoms with E-state index < -0.39 is 0 Å². The van der Waals surface area contributed by atoms with Gasteiger partial charge in [0.15, 0.2) is 0 Å². The molecule has 3 aromatic rings. The summed E-state index contributed by atoms with van der Waals surface area (Å²) in [7, 11) is 0. The van der Waals surface area contributed by atoms with Crippen molar-refractivity contribution < 1.29 is 0 Å². The quantitative estimate of drug-likeness (QED) is 0.533. The van der Waals surface area contributed by atoms with Crippen LogP contribution in [0.15, 0.2) is 66.7 Å². The van der Waals surface area contributed by atoms with Gasteiger partial charge in [-0.05, 0) is 45.2 Å². The Balaban J connectivity index is 1.86. The second-order valence-electron chi connectivity index (χ2n) is 7.87. The predicted molar refractivity (Wildman–Crippen MR) is 112 cm³/mol. The summed E-state index contributed by atoms with van der Waals surface area (Å²) in [6, 6.07) is 24.5. The highest BCUT2D eigenvalue weighted by molar-refractivity contribution is 5.80. The van der Waals surface area contributed by atoms with Gasteiger partial charge in [-0.25, -0.2) is 0 Å². The van der Waals surface area contributed by atoms with Crippen molar-refractivity contribution in [3.05, 3.63) is 89.0 Å². The third-order valence-electron chi connectivity index (χ3n) is 5.50. The van der Waals surface area contributed by atoms with E-state index in [1.807, 2.05) is 0 Å². The minimum atomic E-state index is 0.208. The topological polar surface area (TPSA) is 12.0 Å². The summed E-state index contributed by atoms with van der Waals surface area (Å²) in [6.07, 6.45) is 0. The van der Waals surface area contributed by atoms with Gasteiger partial charge in [-0.15, -0.1) is 0 Å². The van der Waals surface area contributed by atoms with E-state index >= 15 is 0 Å². The Morgan fingerprint density at radius 1 is 0.615 bits per heavy atom. The molecule has 0 unspecified atom stereocenters. The number of hydrogen-bond donors (Lipinski definition) is 1. The van der Waals surface area contributed by atoms with Gasteiger partial charge in [-0.3, -0.25) is 0 Å². The fourth-order valence-electron chi connectivity index (χ4n) is 4.17. The van der Waals surface area contributed by atoms with Crippen LogP contribution in [0.25, 0.3) is 11.1 Å². The van der Waals surface area contributed by atoms with Crippen molar-refractivity contribution >= 4 is 5.69 Å². The standard InChI is InChI=1S/C25H27N/c1-16(2)18-14-9-15-19(17(3)4)24(18)26-25-22-12-7-5-10-20(22)21-11-6-8-13-23(21)25/h5-17,25-26H,1-4H3. The van der Waals surface area contributed by atoms with Gasteiger partial charge >= 0.3 is 0 Å². The van der Waals surface area contributed by atoms with Crippen LogP contribution in [0.3, 0.4) is 0 Å². The molecule has 4 rings (SSSR count). The van der Waals surface area contributed by atoms with Crippen LogP contribution in [0.5, 0.6) is 0 Å². The van der Waals surface area contributed by atoms with E-state index in [9.17, 15) is 0 Å². The summed E-state index contributed by atoms with van der Waals surface area (Å²) in [4.78, 5) is 0. The number of benzene rings is 3. The van der Waals surface area contributed by atoms with Gasteiger partial charge in [0.1, 0.15) is 0 Å². The molecule has 132 valence electrons. The molecule has 1 heteroatoms. The maximum Gasteiger partial charge on any atom is 0.0779 e. The molecule has 1 nitrogen and oxygen atoms in total. The van der Waals surface area contributed by atoms with E-state index in [2.05, 4.69) is 99.7 Å². The molecule has 0 heterocycles. The Morgan fingerprint density at radius 3 is 1.54 bits per heavy atom. The number of rotatable bonds is 4. The number of nitrogens with one attached hydrogen (secondary N) is 1. The van der Waals surface area contributed by atoms with Crippen molar-refractivity contribution in [2.24, 2.45) is 0 Å². The summed E-state index contributed by atoms with van der Waals surface area (Å²) in [6.45, 7) is 9.12. The lowest BCUT2D eigenvalue weighted by Crippen LogP contribution is -2.13. The molecule has 0 saturated heterocycles. The molecule has 0 amide bonds. The van der Waals surface area contributed by atoms with Crippen LogP contribution in [0.1, 0.15) is 67.8 Å². The summed E-state index contributed by atoms with van der Waals surface area (Å²) >= 11 is 0. The van der Waals surface area contributed by atoms with E-state index in [4.69, 9.17) is 0 Å². The molecule has 0 atom stereocenters. The van der Waals surface area contributed by atoms with Gasteiger partial charge in [0.25, 0.3) is 0 Å². The lowest BCUT2D eigenvalue weighted by molar-refractivity contribution is 0.824. The molecule has 0 saturated carbocycles. The zero-order valence-corrected chi connectivity index (χ0v) is 16.1. The number of anilines is 1. The number of para-hydroxylation sites is 1. The lowest BCUT2D eigenvalue weighted by Gasteiger charge is -2.25. The molecule has 1 aliphatic carbocycles. The lowest BCUT2D eigenvalue weighted by atomic mass is 9.91. The van der Waals surface area contributed by atoms with Gasteiger partial charge in [-0.1, -0.05) is 94.4 Å². The van der Waals surface area contributed by atoms with Crippen LogP contribution < -0.4 is 5.32 Å². The minimum Gasteiger partial charge on any atom is -0.374 e. The van der Waals surface area contributed by atoms with Crippen molar-refractivity contribution in [1.82, 2.24) is 0 Å². The molecule has 3 aromatic carbocycles. The van der Waals surface area contributed by atoms with Gasteiger partial charge in [0, 0.05) is 5.69 Å². The van der Waals surface area contributed by atoms with Gasteiger partial charge in [0.2, 0.25) is 0 Å². The van der Waals surface area contributed by atoms with Crippen LogP contribution >= 0.6 is 0 Å². The fourth-order valence-corrected chi connectivity index (χ4v) is 4.17. The van der Waals surface area contributed by atoms with Crippen LogP contribution in [-0.4, -0.2) is 0 Å². The van der Waals surface area contributed by atoms with Gasteiger partial charge in [0.05, 0.1) is 6.04 Å². The molecule has 26 heavy (non-hydrogen) atoms. The zero-order chi connectivity index (χ0) is 18.3. The average Bonchev–Trinajstić information content (AvgIpc) is 2.96. The Bertz CT molecular complexity index is 865. The van der Waals surface area contributed by atoms with E-state index in [1.54, 1.807) is 0 Å². The zero-order valence-electron chi connectivity index (χ0n) is 16.1. The van der Waals surface area contributed by atoms with Crippen LogP contribution in [-0.2, 0) is 0 Å². The smallest absolute Gasteiger partial charge is 0.0779 e. The van der Waals surface area contributed by atoms with E-state index in [1.165, 1.54) is 39.1 Å². The third kappa shape index (κ3) is 2.72. The van der Waals surface area contributed by atoms with Crippen molar-refractivity contribution in [2.45, 2.75) is 45.6 Å². The summed E-state index contributed by atoms with van der Waals surface area (Å²) in [5, 5.41) is 3.95. The number of hydrogen-bond acceptors (Lipinski definition) is 1. The largest absolute Gasteiger partial charge is 0.374 e. The highest BCUT2D eigenvalue weighted by Crippen LogP contribution is 2.46. The summed E-state index contributed by atoms with van der Waals surface area (Å²) in [5.74, 6) is 0.978. The average molecular weight is 341 g/mol. The molecule has 0 spiro atoms. The van der Waals surface area contributed by atoms with Crippen molar-refractivity contribution in [3.8, 4) is 11.1 Å². The normalized spacial score (nSPS) is 13.2. The first-order valence-electron chi connectivity index (χ1n) is 9.65. The summed E-state index contributed by atoms with van der Waals surface area (Å²) in [5.41, 5.74) is 9.58. The SMILES string of the molecule is CC(C)c1cccc(C(C)C)c1NC1c2ccccc2-c2ccccc21. The molecule has 0 bridgehead atoms. The van der Waals surface area contributed by atoms with E-state index in [-0.39, 0.29) is 6.04 Å². The van der Waals surface area contributed by atoms with E-state index in [0.717, 1.165) is 0 Å². The maximum absolute atomic E-state index is 3.95. The molecular weight excluding hydrogens is 314 g/mol. The molecular formula is C25H27N. The minimum absolute atomic E-state index is 0.208. The molecule has 1 aliphatic rings. The monoisotopic (exact) mass is 341 g/mol. The van der Waals surface area contributed by atoms with Crippen molar-refractivity contribution in [3.63, 3.8) is 0 Å². The molecule has 0 aromatic heterocycles. The second kappa shape index (κ2) is 6.64. The Hall–Kier alpha value is -2.54. The highest BCUT2D eigenvalue weighted by Gasteiger charge is 2.29. The first kappa shape index (κ1) is 16.9. The Morgan fingerprint density at radius 2 is 1.08 bits per heavy atom. The van der Waals surface area contributed by atoms with Gasteiger partial charge < -0.3 is 5.32 Å². The number of fused-ring (bicyclic) bond motifs is 3. The second-order valence-corrected chi connectivity index (χ2v) is 7.87. The first-order valence-corrected chi connectivity index (χ1v) is 9.65. The molecule has 0 fully saturated rings. The molecule has 0 aliphatic heterocycles. The van der Waals surface area contributed by atoms with Crippen LogP contribution in [0, 0.1) is 0 Å². The van der Waals surface area contributed by atoms with Crippen molar-refractivity contribution in [2.75, 3.05) is 5.32 Å². The van der Waals surface area contributed by atoms with Crippen molar-refractivity contribution in [1.29, 1.82) is 0 Å². The molecule has 1 N–H and O–H groups in total. The summed E-state index contributed by atoms with van der Waals surface area (Å²) < 4.78 is 0. The van der Waals surface area contributed by atoms with Crippen LogP contribution in [0.2, 0.25) is 0 Å². The first-order chi connectivity index (χ1) is 12.6. The highest BCUT2D eigenvalue weighted by atomic mass is 14.9. The molecule has 0 radical (unpaired) electrons.